The minimum Gasteiger partial charge on any atom is -0.497 e. The normalized spacial score (nSPS) is 12.5. The summed E-state index contributed by atoms with van der Waals surface area (Å²) in [4.78, 5) is 29.0. The van der Waals surface area contributed by atoms with E-state index in [9.17, 15) is 18.0 Å². The first-order valence-electron chi connectivity index (χ1n) is 14.2. The predicted octanol–water partition coefficient (Wildman–Crippen LogP) is 5.28. The number of methoxy groups -OCH3 is 3. The molecule has 10 nitrogen and oxygen atoms in total. The highest BCUT2D eigenvalue weighted by atomic mass is 35.5. The van der Waals surface area contributed by atoms with Gasteiger partial charge in [-0.25, -0.2) is 8.42 Å². The molecule has 0 saturated carbocycles. The molecule has 2 atom stereocenters. The molecule has 0 aliphatic rings. The summed E-state index contributed by atoms with van der Waals surface area (Å²) in [6.45, 7) is 5.14. The molecule has 0 aromatic heterocycles. The molecule has 0 heterocycles. The van der Waals surface area contributed by atoms with E-state index in [1.807, 2.05) is 20.8 Å². The van der Waals surface area contributed by atoms with E-state index in [1.54, 1.807) is 43.5 Å². The fraction of sp³-hybridized carbons (Fsp3) is 0.375. The van der Waals surface area contributed by atoms with E-state index >= 15 is 0 Å². The van der Waals surface area contributed by atoms with Crippen molar-refractivity contribution in [2.75, 3.05) is 32.2 Å². The lowest BCUT2D eigenvalue weighted by Crippen LogP contribution is -2.53. The van der Waals surface area contributed by atoms with Crippen molar-refractivity contribution >= 4 is 39.1 Å². The van der Waals surface area contributed by atoms with E-state index in [2.05, 4.69) is 5.32 Å². The second-order valence-corrected chi connectivity index (χ2v) is 12.4. The number of ether oxygens (including phenoxy) is 3. The van der Waals surface area contributed by atoms with Crippen LogP contribution in [-0.4, -0.2) is 65.1 Å². The molecular weight excluding hydrogens is 606 g/mol. The topological polar surface area (TPSA) is 114 Å². The number of nitrogens with one attached hydrogen (secondary N) is 1. The van der Waals surface area contributed by atoms with E-state index in [4.69, 9.17) is 25.8 Å². The van der Waals surface area contributed by atoms with Crippen molar-refractivity contribution in [1.29, 1.82) is 0 Å². The molecule has 0 bridgehead atoms. The van der Waals surface area contributed by atoms with Crippen LogP contribution in [0.4, 0.5) is 5.69 Å². The van der Waals surface area contributed by atoms with Crippen LogP contribution in [0.3, 0.4) is 0 Å². The molecule has 12 heteroatoms. The first-order chi connectivity index (χ1) is 21.0. The largest absolute Gasteiger partial charge is 0.497 e. The number of amides is 2. The van der Waals surface area contributed by atoms with Crippen LogP contribution in [0, 0.1) is 0 Å². The second kappa shape index (κ2) is 15.7. The van der Waals surface area contributed by atoms with Crippen LogP contribution in [0.1, 0.15) is 39.2 Å². The van der Waals surface area contributed by atoms with Crippen LogP contribution < -0.4 is 23.8 Å². The molecule has 0 spiro atoms. The summed E-state index contributed by atoms with van der Waals surface area (Å²) in [6, 6.07) is 16.5. The predicted molar refractivity (Wildman–Crippen MR) is 171 cm³/mol. The zero-order valence-electron chi connectivity index (χ0n) is 25.9. The number of nitrogens with zero attached hydrogens (tertiary/aromatic N) is 2. The number of carbonyl (C=O) groups is 2. The van der Waals surface area contributed by atoms with Crippen LogP contribution in [0.25, 0.3) is 0 Å². The van der Waals surface area contributed by atoms with Gasteiger partial charge in [0, 0.05) is 23.7 Å². The lowest BCUT2D eigenvalue weighted by Gasteiger charge is -2.33. The standard InChI is InChI=1S/C32H40ClN3O7S/c1-7-22(3)34-32(38)28(8-2)35(20-23-9-15-26(41-4)16-10-23)31(37)21-36(25-13-11-24(33)12-14-25)44(39,40)27-17-18-29(42-5)30(19-27)43-6/h9-19,22,28H,7-8,20-21H2,1-6H3,(H,34,38)/t22-,28+/m0/s1. The summed E-state index contributed by atoms with van der Waals surface area (Å²) in [7, 11) is 0.0884. The first kappa shape index (κ1) is 34.5. The molecule has 0 radical (unpaired) electrons. The zero-order chi connectivity index (χ0) is 32.4. The lowest BCUT2D eigenvalue weighted by atomic mass is 10.1. The smallest absolute Gasteiger partial charge is 0.264 e. The van der Waals surface area contributed by atoms with Crippen molar-refractivity contribution < 1.29 is 32.2 Å². The number of anilines is 1. The average molecular weight is 646 g/mol. The van der Waals surface area contributed by atoms with Gasteiger partial charge in [-0.05, 0) is 73.9 Å². The summed E-state index contributed by atoms with van der Waals surface area (Å²) in [6.07, 6.45) is 1.02. The fourth-order valence-corrected chi connectivity index (χ4v) is 6.08. The Labute approximate surface area is 264 Å². The summed E-state index contributed by atoms with van der Waals surface area (Å²) in [5.74, 6) is 0.327. The highest BCUT2D eigenvalue weighted by molar-refractivity contribution is 7.92. The van der Waals surface area contributed by atoms with Gasteiger partial charge in [-0.2, -0.15) is 0 Å². The fourth-order valence-electron chi connectivity index (χ4n) is 4.53. The molecule has 1 N–H and O–H groups in total. The molecule has 0 aliphatic carbocycles. The summed E-state index contributed by atoms with van der Waals surface area (Å²) in [5.41, 5.74) is 0.966. The lowest BCUT2D eigenvalue weighted by molar-refractivity contribution is -0.140. The van der Waals surface area contributed by atoms with Crippen molar-refractivity contribution in [2.24, 2.45) is 0 Å². The highest BCUT2D eigenvalue weighted by Crippen LogP contribution is 2.33. The van der Waals surface area contributed by atoms with Crippen molar-refractivity contribution in [3.8, 4) is 17.2 Å². The minimum atomic E-state index is -4.32. The Hall–Kier alpha value is -3.96. The minimum absolute atomic E-state index is 0.0696. The van der Waals surface area contributed by atoms with Gasteiger partial charge in [-0.3, -0.25) is 13.9 Å². The van der Waals surface area contributed by atoms with Crippen molar-refractivity contribution in [3.63, 3.8) is 0 Å². The summed E-state index contributed by atoms with van der Waals surface area (Å²) in [5, 5.41) is 3.37. The van der Waals surface area contributed by atoms with Gasteiger partial charge in [0.2, 0.25) is 11.8 Å². The van der Waals surface area contributed by atoms with Crippen LogP contribution in [-0.2, 0) is 26.2 Å². The third-order valence-corrected chi connectivity index (χ3v) is 9.26. The average Bonchev–Trinajstić information content (AvgIpc) is 3.03. The van der Waals surface area contributed by atoms with E-state index in [-0.39, 0.29) is 34.8 Å². The number of rotatable bonds is 15. The number of hydrogen-bond acceptors (Lipinski definition) is 7. The maximum absolute atomic E-state index is 14.2. The third kappa shape index (κ3) is 8.35. The first-order valence-corrected chi connectivity index (χ1v) is 16.0. The number of benzene rings is 3. The molecule has 3 aromatic carbocycles. The molecule has 0 fully saturated rings. The van der Waals surface area contributed by atoms with Crippen LogP contribution in [0.15, 0.2) is 71.6 Å². The molecule has 0 saturated heterocycles. The molecular formula is C32H40ClN3O7S. The molecule has 3 aromatic rings. The number of hydrogen-bond donors (Lipinski definition) is 1. The van der Waals surface area contributed by atoms with Crippen LogP contribution in [0.2, 0.25) is 5.02 Å². The van der Waals surface area contributed by atoms with Gasteiger partial charge in [0.05, 0.1) is 31.9 Å². The highest BCUT2D eigenvalue weighted by Gasteiger charge is 2.34. The maximum atomic E-state index is 14.2. The Balaban J connectivity index is 2.09. The monoisotopic (exact) mass is 645 g/mol. The van der Waals surface area contributed by atoms with E-state index < -0.39 is 28.5 Å². The van der Waals surface area contributed by atoms with E-state index in [1.165, 1.54) is 49.5 Å². The zero-order valence-corrected chi connectivity index (χ0v) is 27.4. The van der Waals surface area contributed by atoms with Gasteiger partial charge >= 0.3 is 0 Å². The third-order valence-electron chi connectivity index (χ3n) is 7.24. The van der Waals surface area contributed by atoms with Gasteiger partial charge in [-0.1, -0.05) is 37.6 Å². The van der Waals surface area contributed by atoms with Crippen molar-refractivity contribution in [2.45, 2.75) is 57.1 Å². The number of halogens is 1. The molecule has 0 unspecified atom stereocenters. The Morgan fingerprint density at radius 2 is 1.50 bits per heavy atom. The Morgan fingerprint density at radius 1 is 0.864 bits per heavy atom. The summed E-state index contributed by atoms with van der Waals surface area (Å²) >= 11 is 6.11. The van der Waals surface area contributed by atoms with E-state index in [0.29, 0.717) is 29.4 Å². The van der Waals surface area contributed by atoms with Crippen LogP contribution >= 0.6 is 11.6 Å². The van der Waals surface area contributed by atoms with Gasteiger partial charge in [-0.15, -0.1) is 0 Å². The Bertz CT molecular complexity index is 1520. The number of sulfonamides is 1. The van der Waals surface area contributed by atoms with Crippen molar-refractivity contribution in [1.82, 2.24) is 10.2 Å². The van der Waals surface area contributed by atoms with E-state index in [0.717, 1.165) is 9.87 Å². The molecule has 44 heavy (non-hydrogen) atoms. The molecule has 3 rings (SSSR count). The number of carbonyl (C=O) groups excluding carboxylic acids is 2. The van der Waals surface area contributed by atoms with Crippen LogP contribution in [0.5, 0.6) is 17.2 Å². The Morgan fingerprint density at radius 3 is 2.05 bits per heavy atom. The SMILES string of the molecule is CC[C@H](C(=O)N[C@@H](C)CC)N(Cc1ccc(OC)cc1)C(=O)CN(c1ccc(Cl)cc1)S(=O)(=O)c1ccc(OC)c(OC)c1. The van der Waals surface area contributed by atoms with Crippen molar-refractivity contribution in [3.05, 3.63) is 77.3 Å². The van der Waals surface area contributed by atoms with Gasteiger partial charge < -0.3 is 24.4 Å². The molecule has 0 aliphatic heterocycles. The van der Waals surface area contributed by atoms with Gasteiger partial charge in [0.25, 0.3) is 10.0 Å². The molecule has 238 valence electrons. The maximum Gasteiger partial charge on any atom is 0.264 e. The van der Waals surface area contributed by atoms with Gasteiger partial charge in [0.1, 0.15) is 18.3 Å². The second-order valence-electron chi connectivity index (χ2n) is 10.1. The summed E-state index contributed by atoms with van der Waals surface area (Å²) < 4.78 is 45.2. The Kier molecular flexibility index (Phi) is 12.3. The quantitative estimate of drug-likeness (QED) is 0.239. The molecule has 2 amide bonds. The van der Waals surface area contributed by atoms with Gasteiger partial charge in [0.15, 0.2) is 11.5 Å².